The molecule has 0 radical (unpaired) electrons. The van der Waals surface area contributed by atoms with Crippen LogP contribution in [-0.4, -0.2) is 10.2 Å². The number of fused-ring (bicyclic) bond motifs is 1. The van der Waals surface area contributed by atoms with Crippen molar-refractivity contribution < 1.29 is 4.74 Å². The van der Waals surface area contributed by atoms with Crippen LogP contribution in [0, 0.1) is 18.3 Å². The van der Waals surface area contributed by atoms with Crippen LogP contribution < -0.4 is 10.5 Å². The molecule has 1 aliphatic heterocycles. The summed E-state index contributed by atoms with van der Waals surface area (Å²) in [5.41, 5.74) is 8.37. The highest BCUT2D eigenvalue weighted by atomic mass is 16.5. The second-order valence-corrected chi connectivity index (χ2v) is 6.02. The SMILES string of the molecule is CCCCCCCCC[C@H]1C(C#N)=C(N)Oc2n[nH]c(C)c21. The van der Waals surface area contributed by atoms with Crippen LogP contribution in [0.15, 0.2) is 11.5 Å². The third kappa shape index (κ3) is 3.62. The van der Waals surface area contributed by atoms with Crippen LogP contribution in [0.3, 0.4) is 0 Å². The number of rotatable bonds is 8. The maximum absolute atomic E-state index is 9.39. The maximum atomic E-state index is 9.39. The van der Waals surface area contributed by atoms with Crippen molar-refractivity contribution in [2.75, 3.05) is 0 Å². The van der Waals surface area contributed by atoms with E-state index in [-0.39, 0.29) is 11.8 Å². The number of unbranched alkanes of at least 4 members (excludes halogenated alkanes) is 6. The molecule has 1 aromatic heterocycles. The Bertz CT molecular complexity index is 568. The standard InChI is InChI=1S/C17H26N4O/c1-3-4-5-6-7-8-9-10-13-14(11-18)16(19)22-17-15(13)12(2)20-21-17/h13H,3-10,19H2,1-2H3,(H,20,21)/t13-/m0/s1. The zero-order valence-electron chi connectivity index (χ0n) is 13.6. The van der Waals surface area contributed by atoms with Crippen molar-refractivity contribution in [1.82, 2.24) is 10.2 Å². The van der Waals surface area contributed by atoms with Gasteiger partial charge in [0.1, 0.15) is 6.07 Å². The summed E-state index contributed by atoms with van der Waals surface area (Å²) >= 11 is 0. The summed E-state index contributed by atoms with van der Waals surface area (Å²) in [7, 11) is 0. The third-order valence-corrected chi connectivity index (χ3v) is 4.35. The first kappa shape index (κ1) is 16.4. The van der Waals surface area contributed by atoms with E-state index in [9.17, 15) is 5.26 Å². The number of aromatic amines is 1. The number of nitrogens with zero attached hydrogens (tertiary/aromatic N) is 2. The Morgan fingerprint density at radius 3 is 2.59 bits per heavy atom. The molecule has 22 heavy (non-hydrogen) atoms. The Kier molecular flexibility index (Phi) is 5.88. The molecule has 2 heterocycles. The average Bonchev–Trinajstić information content (AvgIpc) is 2.87. The molecule has 2 rings (SSSR count). The highest BCUT2D eigenvalue weighted by molar-refractivity contribution is 5.48. The zero-order valence-corrected chi connectivity index (χ0v) is 13.6. The molecule has 0 saturated heterocycles. The van der Waals surface area contributed by atoms with Gasteiger partial charge in [0.25, 0.3) is 0 Å². The first-order valence-electron chi connectivity index (χ1n) is 8.31. The number of ether oxygens (including phenoxy) is 1. The number of hydrogen-bond donors (Lipinski definition) is 2. The first-order valence-corrected chi connectivity index (χ1v) is 8.31. The van der Waals surface area contributed by atoms with E-state index in [4.69, 9.17) is 10.5 Å². The Hall–Kier alpha value is -1.96. The lowest BCUT2D eigenvalue weighted by Gasteiger charge is -2.23. The van der Waals surface area contributed by atoms with Gasteiger partial charge in [0, 0.05) is 17.2 Å². The minimum absolute atomic E-state index is 0.0168. The fourth-order valence-electron chi connectivity index (χ4n) is 3.11. The highest BCUT2D eigenvalue weighted by Gasteiger charge is 2.32. The van der Waals surface area contributed by atoms with Gasteiger partial charge in [-0.1, -0.05) is 51.9 Å². The van der Waals surface area contributed by atoms with Crippen LogP contribution in [-0.2, 0) is 0 Å². The van der Waals surface area contributed by atoms with Gasteiger partial charge in [-0.05, 0) is 13.3 Å². The molecule has 0 saturated carbocycles. The zero-order chi connectivity index (χ0) is 15.9. The molecule has 1 atom stereocenters. The normalized spacial score (nSPS) is 17.0. The molecule has 1 aliphatic rings. The van der Waals surface area contributed by atoms with Crippen molar-refractivity contribution in [1.29, 1.82) is 5.26 Å². The molecule has 0 spiro atoms. The molecule has 1 aromatic rings. The lowest BCUT2D eigenvalue weighted by Crippen LogP contribution is -2.20. The summed E-state index contributed by atoms with van der Waals surface area (Å²) in [6.45, 7) is 4.19. The maximum Gasteiger partial charge on any atom is 0.243 e. The average molecular weight is 302 g/mol. The molecule has 0 fully saturated rings. The van der Waals surface area contributed by atoms with E-state index in [1.54, 1.807) is 0 Å². The lowest BCUT2D eigenvalue weighted by molar-refractivity contribution is 0.369. The number of H-pyrrole nitrogens is 1. The van der Waals surface area contributed by atoms with Crippen LogP contribution in [0.5, 0.6) is 5.88 Å². The van der Waals surface area contributed by atoms with Crippen LogP contribution in [0.2, 0.25) is 0 Å². The molecule has 5 heteroatoms. The lowest BCUT2D eigenvalue weighted by atomic mass is 9.86. The summed E-state index contributed by atoms with van der Waals surface area (Å²) in [6.07, 6.45) is 9.73. The summed E-state index contributed by atoms with van der Waals surface area (Å²) < 4.78 is 5.45. The fourth-order valence-corrected chi connectivity index (χ4v) is 3.11. The van der Waals surface area contributed by atoms with Crippen molar-refractivity contribution in [3.05, 3.63) is 22.7 Å². The van der Waals surface area contributed by atoms with Crippen molar-refractivity contribution in [3.63, 3.8) is 0 Å². The largest absolute Gasteiger partial charge is 0.420 e. The van der Waals surface area contributed by atoms with Crippen molar-refractivity contribution in [2.24, 2.45) is 5.73 Å². The summed E-state index contributed by atoms with van der Waals surface area (Å²) in [4.78, 5) is 0. The van der Waals surface area contributed by atoms with Crippen molar-refractivity contribution in [3.8, 4) is 11.9 Å². The van der Waals surface area contributed by atoms with Gasteiger partial charge >= 0.3 is 0 Å². The quantitative estimate of drug-likeness (QED) is 0.710. The topological polar surface area (TPSA) is 87.7 Å². The minimum Gasteiger partial charge on any atom is -0.420 e. The number of nitrogens with two attached hydrogens (primary N) is 1. The predicted octanol–water partition coefficient (Wildman–Crippen LogP) is 4.03. The number of aromatic nitrogens is 2. The van der Waals surface area contributed by atoms with Crippen LogP contribution in [0.4, 0.5) is 0 Å². The van der Waals surface area contributed by atoms with E-state index < -0.39 is 0 Å². The van der Waals surface area contributed by atoms with E-state index in [0.29, 0.717) is 11.5 Å². The minimum atomic E-state index is 0.0168. The molecule has 0 amide bonds. The highest BCUT2D eigenvalue weighted by Crippen LogP contribution is 2.41. The molecular weight excluding hydrogens is 276 g/mol. The van der Waals surface area contributed by atoms with Crippen LogP contribution in [0.1, 0.15) is 75.5 Å². The van der Waals surface area contributed by atoms with Gasteiger partial charge in [0.05, 0.1) is 5.57 Å². The van der Waals surface area contributed by atoms with E-state index >= 15 is 0 Å². The Morgan fingerprint density at radius 2 is 1.91 bits per heavy atom. The van der Waals surface area contributed by atoms with Gasteiger partial charge in [-0.25, -0.2) is 0 Å². The predicted molar refractivity (Wildman–Crippen MR) is 86.1 cm³/mol. The smallest absolute Gasteiger partial charge is 0.243 e. The molecule has 0 bridgehead atoms. The summed E-state index contributed by atoms with van der Waals surface area (Å²) in [5.74, 6) is 0.750. The van der Waals surface area contributed by atoms with Gasteiger partial charge in [-0.3, -0.25) is 5.10 Å². The van der Waals surface area contributed by atoms with E-state index in [1.165, 1.54) is 38.5 Å². The number of aryl methyl sites for hydroxylation is 1. The van der Waals surface area contributed by atoms with Crippen molar-refractivity contribution >= 4 is 0 Å². The second-order valence-electron chi connectivity index (χ2n) is 6.02. The van der Waals surface area contributed by atoms with Gasteiger partial charge < -0.3 is 10.5 Å². The first-order chi connectivity index (χ1) is 10.7. The summed E-state index contributed by atoms with van der Waals surface area (Å²) in [5, 5.41) is 16.5. The second kappa shape index (κ2) is 7.88. The monoisotopic (exact) mass is 302 g/mol. The Labute approximate surface area is 132 Å². The van der Waals surface area contributed by atoms with E-state index in [2.05, 4.69) is 23.2 Å². The van der Waals surface area contributed by atoms with Crippen LogP contribution >= 0.6 is 0 Å². The molecular formula is C17H26N4O. The van der Waals surface area contributed by atoms with Crippen molar-refractivity contribution in [2.45, 2.75) is 71.1 Å². The van der Waals surface area contributed by atoms with Gasteiger partial charge in [0.15, 0.2) is 0 Å². The van der Waals surface area contributed by atoms with Gasteiger partial charge in [0.2, 0.25) is 11.8 Å². The van der Waals surface area contributed by atoms with E-state index in [1.807, 2.05) is 6.92 Å². The fraction of sp³-hybridized carbons (Fsp3) is 0.647. The summed E-state index contributed by atoms with van der Waals surface area (Å²) in [6, 6.07) is 2.22. The third-order valence-electron chi connectivity index (χ3n) is 4.35. The number of allylic oxidation sites excluding steroid dienone is 1. The number of hydrogen-bond acceptors (Lipinski definition) is 4. The number of nitrogens with one attached hydrogen (secondary N) is 1. The Balaban J connectivity index is 1.93. The molecule has 3 N–H and O–H groups in total. The molecule has 0 aliphatic carbocycles. The van der Waals surface area contributed by atoms with Crippen LogP contribution in [0.25, 0.3) is 0 Å². The van der Waals surface area contributed by atoms with Gasteiger partial charge in [-0.2, -0.15) is 5.26 Å². The number of nitriles is 1. The molecule has 0 aromatic carbocycles. The van der Waals surface area contributed by atoms with E-state index in [0.717, 1.165) is 24.1 Å². The molecule has 0 unspecified atom stereocenters. The Morgan fingerprint density at radius 1 is 1.23 bits per heavy atom. The molecule has 5 nitrogen and oxygen atoms in total. The van der Waals surface area contributed by atoms with Gasteiger partial charge in [-0.15, -0.1) is 5.10 Å². The molecule has 120 valence electrons.